The van der Waals surface area contributed by atoms with E-state index in [1.54, 1.807) is 18.2 Å². The van der Waals surface area contributed by atoms with E-state index in [0.717, 1.165) is 10.0 Å². The maximum Gasteiger partial charge on any atom is 0.266 e. The number of carbonyl (C=O) groups excluding carboxylic acids is 1. The number of carbonyl (C=O) groups is 1. The Morgan fingerprint density at radius 1 is 1.10 bits per heavy atom. The first-order valence-corrected chi connectivity index (χ1v) is 6.72. The summed E-state index contributed by atoms with van der Waals surface area (Å²) < 4.78 is 0.927. The summed E-state index contributed by atoms with van der Waals surface area (Å²) in [6.07, 6.45) is 1.56. The van der Waals surface area contributed by atoms with E-state index in [1.807, 2.05) is 48.5 Å². The number of halogens is 1. The van der Waals surface area contributed by atoms with Crippen LogP contribution < -0.4 is 5.32 Å². The predicted octanol–water partition coefficient (Wildman–Crippen LogP) is 3.99. The lowest BCUT2D eigenvalue weighted by Gasteiger charge is -2.04. The molecule has 2 rings (SSSR count). The minimum atomic E-state index is -0.418. The molecule has 0 aliphatic carbocycles. The molecular formula is C16H11BrN2O. The molecule has 0 fully saturated rings. The van der Waals surface area contributed by atoms with E-state index >= 15 is 0 Å². The lowest BCUT2D eigenvalue weighted by Crippen LogP contribution is -2.13. The molecule has 0 unspecified atom stereocenters. The maximum absolute atomic E-state index is 12.0. The third-order valence-corrected chi connectivity index (χ3v) is 3.11. The topological polar surface area (TPSA) is 52.9 Å². The molecule has 98 valence electrons. The van der Waals surface area contributed by atoms with Gasteiger partial charge in [0.2, 0.25) is 0 Å². The smallest absolute Gasteiger partial charge is 0.266 e. The van der Waals surface area contributed by atoms with E-state index in [-0.39, 0.29) is 5.57 Å². The van der Waals surface area contributed by atoms with Crippen molar-refractivity contribution in [2.45, 2.75) is 0 Å². The van der Waals surface area contributed by atoms with Crippen molar-refractivity contribution in [1.82, 2.24) is 0 Å². The van der Waals surface area contributed by atoms with Crippen LogP contribution in [-0.2, 0) is 4.79 Å². The van der Waals surface area contributed by atoms with Crippen molar-refractivity contribution in [3.8, 4) is 6.07 Å². The van der Waals surface area contributed by atoms with Gasteiger partial charge in [-0.25, -0.2) is 0 Å². The van der Waals surface area contributed by atoms with Crippen LogP contribution in [0.1, 0.15) is 5.56 Å². The lowest BCUT2D eigenvalue weighted by atomic mass is 10.1. The predicted molar refractivity (Wildman–Crippen MR) is 82.8 cm³/mol. The van der Waals surface area contributed by atoms with Gasteiger partial charge in [-0.3, -0.25) is 4.79 Å². The standard InChI is InChI=1S/C16H11BrN2O/c17-14-6-8-15(9-7-14)19-16(20)13(11-18)10-12-4-2-1-3-5-12/h1-10H,(H,19,20)/b13-10+. The number of rotatable bonds is 3. The van der Waals surface area contributed by atoms with Crippen molar-refractivity contribution < 1.29 is 4.79 Å². The van der Waals surface area contributed by atoms with Gasteiger partial charge in [0.15, 0.2) is 0 Å². The number of benzene rings is 2. The fourth-order valence-corrected chi connectivity index (χ4v) is 1.86. The van der Waals surface area contributed by atoms with Gasteiger partial charge in [-0.2, -0.15) is 5.26 Å². The van der Waals surface area contributed by atoms with Crippen LogP contribution in [0.15, 0.2) is 64.6 Å². The van der Waals surface area contributed by atoms with Gasteiger partial charge in [-0.15, -0.1) is 0 Å². The third kappa shape index (κ3) is 3.81. The van der Waals surface area contributed by atoms with Crippen molar-refractivity contribution >= 4 is 33.6 Å². The molecule has 0 radical (unpaired) electrons. The highest BCUT2D eigenvalue weighted by Gasteiger charge is 2.09. The number of nitriles is 1. The molecule has 0 aromatic heterocycles. The molecule has 0 spiro atoms. The largest absolute Gasteiger partial charge is 0.321 e. The number of hydrogen-bond donors (Lipinski definition) is 1. The second-order valence-corrected chi connectivity index (χ2v) is 4.96. The van der Waals surface area contributed by atoms with Crippen molar-refractivity contribution in [1.29, 1.82) is 5.26 Å². The Morgan fingerprint density at radius 3 is 2.35 bits per heavy atom. The highest BCUT2D eigenvalue weighted by Crippen LogP contribution is 2.15. The number of hydrogen-bond acceptors (Lipinski definition) is 2. The summed E-state index contributed by atoms with van der Waals surface area (Å²) in [5.74, 6) is -0.418. The normalized spacial score (nSPS) is 10.7. The zero-order chi connectivity index (χ0) is 14.4. The fourth-order valence-electron chi connectivity index (χ4n) is 1.60. The maximum atomic E-state index is 12.0. The Balaban J connectivity index is 2.16. The molecule has 0 aliphatic rings. The first kappa shape index (κ1) is 14.0. The first-order chi connectivity index (χ1) is 9.69. The zero-order valence-corrected chi connectivity index (χ0v) is 12.1. The molecule has 0 saturated heterocycles. The van der Waals surface area contributed by atoms with Gasteiger partial charge in [0.25, 0.3) is 5.91 Å². The van der Waals surface area contributed by atoms with Crippen LogP contribution in [0.2, 0.25) is 0 Å². The molecule has 0 aliphatic heterocycles. The Hall–Kier alpha value is -2.38. The average Bonchev–Trinajstić information content (AvgIpc) is 2.48. The highest BCUT2D eigenvalue weighted by molar-refractivity contribution is 9.10. The summed E-state index contributed by atoms with van der Waals surface area (Å²) >= 11 is 3.32. The fraction of sp³-hybridized carbons (Fsp3) is 0. The van der Waals surface area contributed by atoms with E-state index < -0.39 is 5.91 Å². The average molecular weight is 327 g/mol. The van der Waals surface area contributed by atoms with Gasteiger partial charge in [0, 0.05) is 10.2 Å². The van der Waals surface area contributed by atoms with Gasteiger partial charge in [-0.1, -0.05) is 46.3 Å². The van der Waals surface area contributed by atoms with E-state index in [2.05, 4.69) is 21.2 Å². The zero-order valence-electron chi connectivity index (χ0n) is 10.5. The molecular weight excluding hydrogens is 316 g/mol. The lowest BCUT2D eigenvalue weighted by molar-refractivity contribution is -0.112. The molecule has 1 N–H and O–H groups in total. The van der Waals surface area contributed by atoms with Crippen LogP contribution >= 0.6 is 15.9 Å². The number of amides is 1. The summed E-state index contributed by atoms with van der Waals surface area (Å²) in [6.45, 7) is 0. The Kier molecular flexibility index (Phi) is 4.70. The molecule has 2 aromatic carbocycles. The van der Waals surface area contributed by atoms with Gasteiger partial charge in [0.1, 0.15) is 11.6 Å². The Labute approximate surface area is 125 Å². The summed E-state index contributed by atoms with van der Waals surface area (Å²) in [5.41, 5.74) is 1.53. The van der Waals surface area contributed by atoms with Crippen LogP contribution in [0.3, 0.4) is 0 Å². The van der Waals surface area contributed by atoms with Crippen molar-refractivity contribution in [2.24, 2.45) is 0 Å². The van der Waals surface area contributed by atoms with E-state index in [0.29, 0.717) is 5.69 Å². The quantitative estimate of drug-likeness (QED) is 0.684. The molecule has 0 atom stereocenters. The van der Waals surface area contributed by atoms with Crippen molar-refractivity contribution in [2.75, 3.05) is 5.32 Å². The molecule has 3 nitrogen and oxygen atoms in total. The van der Waals surface area contributed by atoms with Crippen LogP contribution in [-0.4, -0.2) is 5.91 Å². The van der Waals surface area contributed by atoms with Crippen LogP contribution in [0.5, 0.6) is 0 Å². The number of nitrogens with one attached hydrogen (secondary N) is 1. The molecule has 0 heterocycles. The summed E-state index contributed by atoms with van der Waals surface area (Å²) in [5, 5.41) is 11.8. The van der Waals surface area contributed by atoms with Crippen LogP contribution in [0.25, 0.3) is 6.08 Å². The SMILES string of the molecule is N#C/C(=C\c1ccccc1)C(=O)Nc1ccc(Br)cc1. The molecule has 4 heteroatoms. The minimum Gasteiger partial charge on any atom is -0.321 e. The second-order valence-electron chi connectivity index (χ2n) is 4.04. The number of anilines is 1. The van der Waals surface area contributed by atoms with Gasteiger partial charge >= 0.3 is 0 Å². The van der Waals surface area contributed by atoms with Gasteiger partial charge in [-0.05, 0) is 35.9 Å². The molecule has 2 aromatic rings. The van der Waals surface area contributed by atoms with Crippen LogP contribution in [0, 0.1) is 11.3 Å². The molecule has 0 bridgehead atoms. The van der Waals surface area contributed by atoms with Crippen LogP contribution in [0.4, 0.5) is 5.69 Å². The summed E-state index contributed by atoms with van der Waals surface area (Å²) in [6, 6.07) is 18.4. The van der Waals surface area contributed by atoms with Gasteiger partial charge < -0.3 is 5.32 Å². The third-order valence-electron chi connectivity index (χ3n) is 2.58. The monoisotopic (exact) mass is 326 g/mol. The second kappa shape index (κ2) is 6.69. The van der Waals surface area contributed by atoms with E-state index in [9.17, 15) is 4.79 Å². The molecule has 1 amide bonds. The minimum absolute atomic E-state index is 0.0686. The first-order valence-electron chi connectivity index (χ1n) is 5.93. The Morgan fingerprint density at radius 2 is 1.75 bits per heavy atom. The summed E-state index contributed by atoms with van der Waals surface area (Å²) in [4.78, 5) is 12.0. The molecule has 0 saturated carbocycles. The Bertz CT molecular complexity index is 670. The summed E-state index contributed by atoms with van der Waals surface area (Å²) in [7, 11) is 0. The van der Waals surface area contributed by atoms with Crippen molar-refractivity contribution in [3.05, 3.63) is 70.2 Å². The van der Waals surface area contributed by atoms with E-state index in [1.165, 1.54) is 0 Å². The van der Waals surface area contributed by atoms with Gasteiger partial charge in [0.05, 0.1) is 0 Å². The highest BCUT2D eigenvalue weighted by atomic mass is 79.9. The number of nitrogens with zero attached hydrogens (tertiary/aromatic N) is 1. The molecule has 20 heavy (non-hydrogen) atoms. The van der Waals surface area contributed by atoms with E-state index in [4.69, 9.17) is 5.26 Å². The van der Waals surface area contributed by atoms with Crippen molar-refractivity contribution in [3.63, 3.8) is 0 Å².